The Morgan fingerprint density at radius 2 is 1.50 bits per heavy atom. The molecule has 2 amide bonds. The van der Waals surface area contributed by atoms with E-state index in [1.165, 1.54) is 31.4 Å². The van der Waals surface area contributed by atoms with Crippen molar-refractivity contribution in [3.8, 4) is 0 Å². The molecule has 0 radical (unpaired) electrons. The molecule has 1 saturated heterocycles. The van der Waals surface area contributed by atoms with Gasteiger partial charge in [0.1, 0.15) is 0 Å². The summed E-state index contributed by atoms with van der Waals surface area (Å²) in [4.78, 5) is 26.4. The van der Waals surface area contributed by atoms with Crippen molar-refractivity contribution in [3.05, 3.63) is 60.2 Å². The van der Waals surface area contributed by atoms with Gasteiger partial charge >= 0.3 is 0 Å². The van der Waals surface area contributed by atoms with Crippen LogP contribution in [0.4, 0.5) is 11.4 Å². The molecule has 0 spiro atoms. The number of hydrogen-bond donors (Lipinski definition) is 2. The maximum Gasteiger partial charge on any atom is 0.251 e. The Balaban J connectivity index is 1.49. The third-order valence-corrected chi connectivity index (χ3v) is 4.57. The van der Waals surface area contributed by atoms with E-state index in [4.69, 9.17) is 0 Å². The summed E-state index contributed by atoms with van der Waals surface area (Å²) in [5.41, 5.74) is 2.48. The van der Waals surface area contributed by atoms with Crippen molar-refractivity contribution in [2.75, 3.05) is 29.9 Å². The Morgan fingerprint density at radius 3 is 2.15 bits per heavy atom. The number of anilines is 2. The number of benzene rings is 2. The molecule has 0 unspecified atom stereocenters. The van der Waals surface area contributed by atoms with Gasteiger partial charge in [0.25, 0.3) is 5.91 Å². The van der Waals surface area contributed by atoms with Crippen molar-refractivity contribution in [2.24, 2.45) is 0 Å². The average molecular weight is 351 g/mol. The molecule has 1 fully saturated rings. The van der Waals surface area contributed by atoms with Crippen LogP contribution >= 0.6 is 0 Å². The molecule has 1 aliphatic rings. The van der Waals surface area contributed by atoms with Crippen LogP contribution in [0.3, 0.4) is 0 Å². The van der Waals surface area contributed by atoms with Crippen LogP contribution in [0.2, 0.25) is 0 Å². The van der Waals surface area contributed by atoms with Gasteiger partial charge < -0.3 is 15.5 Å². The van der Waals surface area contributed by atoms with Gasteiger partial charge in [-0.2, -0.15) is 0 Å². The monoisotopic (exact) mass is 351 g/mol. The van der Waals surface area contributed by atoms with Gasteiger partial charge in [0.05, 0.1) is 6.54 Å². The number of hydrogen-bond acceptors (Lipinski definition) is 3. The molecular weight excluding hydrogens is 326 g/mol. The zero-order valence-electron chi connectivity index (χ0n) is 14.9. The van der Waals surface area contributed by atoms with Crippen LogP contribution in [-0.2, 0) is 4.79 Å². The van der Waals surface area contributed by atoms with E-state index in [9.17, 15) is 9.59 Å². The lowest BCUT2D eigenvalue weighted by Crippen LogP contribution is -2.32. The van der Waals surface area contributed by atoms with E-state index >= 15 is 0 Å². The van der Waals surface area contributed by atoms with Crippen molar-refractivity contribution in [1.29, 1.82) is 0 Å². The number of carbonyl (C=O) groups excluding carboxylic acids is 2. The molecule has 136 valence electrons. The first kappa shape index (κ1) is 18.0. The van der Waals surface area contributed by atoms with Crippen LogP contribution in [0.25, 0.3) is 0 Å². The fourth-order valence-electron chi connectivity index (χ4n) is 3.14. The van der Waals surface area contributed by atoms with Crippen LogP contribution in [0, 0.1) is 0 Å². The van der Waals surface area contributed by atoms with Gasteiger partial charge in [0.15, 0.2) is 0 Å². The maximum atomic E-state index is 12.0. The van der Waals surface area contributed by atoms with E-state index in [1.54, 1.807) is 24.3 Å². The van der Waals surface area contributed by atoms with E-state index in [0.29, 0.717) is 5.56 Å². The normalized spacial score (nSPS) is 14.4. The third-order valence-electron chi connectivity index (χ3n) is 4.57. The number of nitrogens with one attached hydrogen (secondary N) is 2. The van der Waals surface area contributed by atoms with Gasteiger partial charge in [-0.1, -0.05) is 31.0 Å². The van der Waals surface area contributed by atoms with Crippen LogP contribution in [0.5, 0.6) is 0 Å². The molecule has 0 aromatic heterocycles. The maximum absolute atomic E-state index is 12.0. The van der Waals surface area contributed by atoms with Crippen molar-refractivity contribution in [3.63, 3.8) is 0 Å². The quantitative estimate of drug-likeness (QED) is 0.867. The van der Waals surface area contributed by atoms with Gasteiger partial charge in [0.2, 0.25) is 5.91 Å². The van der Waals surface area contributed by atoms with E-state index in [2.05, 4.69) is 15.5 Å². The second-order valence-corrected chi connectivity index (χ2v) is 6.55. The minimum Gasteiger partial charge on any atom is -0.372 e. The SMILES string of the molecule is O=C(CNC(=O)c1ccccc1)Nc1ccc(N2CCCCCC2)cc1. The van der Waals surface area contributed by atoms with Crippen LogP contribution in [-0.4, -0.2) is 31.4 Å². The zero-order chi connectivity index (χ0) is 18.2. The predicted octanol–water partition coefficient (Wildman–Crippen LogP) is 3.44. The lowest BCUT2D eigenvalue weighted by atomic mass is 10.2. The lowest BCUT2D eigenvalue weighted by molar-refractivity contribution is -0.115. The van der Waals surface area contributed by atoms with Gasteiger partial charge in [-0.25, -0.2) is 0 Å². The minimum atomic E-state index is -0.253. The molecule has 2 N–H and O–H groups in total. The Kier molecular flexibility index (Phi) is 6.25. The first-order chi connectivity index (χ1) is 12.7. The first-order valence-corrected chi connectivity index (χ1v) is 9.20. The van der Waals surface area contributed by atoms with Crippen molar-refractivity contribution < 1.29 is 9.59 Å². The van der Waals surface area contributed by atoms with Gasteiger partial charge in [-0.15, -0.1) is 0 Å². The summed E-state index contributed by atoms with van der Waals surface area (Å²) >= 11 is 0. The van der Waals surface area contributed by atoms with Crippen LogP contribution in [0.1, 0.15) is 36.0 Å². The highest BCUT2D eigenvalue weighted by Gasteiger charge is 2.11. The second kappa shape index (κ2) is 9.04. The smallest absolute Gasteiger partial charge is 0.251 e. The molecule has 0 bridgehead atoms. The predicted molar refractivity (Wildman–Crippen MR) is 105 cm³/mol. The molecule has 2 aromatic rings. The Bertz CT molecular complexity index is 721. The summed E-state index contributed by atoms with van der Waals surface area (Å²) in [5, 5.41) is 5.45. The molecule has 1 aliphatic heterocycles. The van der Waals surface area contributed by atoms with Crippen molar-refractivity contribution >= 4 is 23.2 Å². The second-order valence-electron chi connectivity index (χ2n) is 6.55. The minimum absolute atomic E-state index is 0.0540. The van der Waals surface area contributed by atoms with Gasteiger partial charge in [-0.05, 0) is 49.2 Å². The third kappa shape index (κ3) is 5.09. The van der Waals surface area contributed by atoms with E-state index < -0.39 is 0 Å². The van der Waals surface area contributed by atoms with E-state index in [0.717, 1.165) is 18.8 Å². The Hall–Kier alpha value is -2.82. The first-order valence-electron chi connectivity index (χ1n) is 9.20. The number of amides is 2. The summed E-state index contributed by atoms with van der Waals surface area (Å²) in [6, 6.07) is 16.8. The summed E-state index contributed by atoms with van der Waals surface area (Å²) in [6.07, 6.45) is 5.08. The molecule has 26 heavy (non-hydrogen) atoms. The van der Waals surface area contributed by atoms with Crippen molar-refractivity contribution in [2.45, 2.75) is 25.7 Å². The average Bonchev–Trinajstić information content (AvgIpc) is 2.97. The van der Waals surface area contributed by atoms with E-state index in [-0.39, 0.29) is 18.4 Å². The molecule has 0 aliphatic carbocycles. The number of nitrogens with zero attached hydrogens (tertiary/aromatic N) is 1. The molecule has 0 atom stereocenters. The van der Waals surface area contributed by atoms with Gasteiger partial charge in [-0.3, -0.25) is 9.59 Å². The summed E-state index contributed by atoms with van der Waals surface area (Å²) in [5.74, 6) is -0.492. The fraction of sp³-hybridized carbons (Fsp3) is 0.333. The van der Waals surface area contributed by atoms with Crippen LogP contribution in [0.15, 0.2) is 54.6 Å². The molecule has 2 aromatic carbocycles. The highest BCUT2D eigenvalue weighted by molar-refractivity contribution is 5.99. The molecular formula is C21H25N3O2. The summed E-state index contributed by atoms with van der Waals surface area (Å²) < 4.78 is 0. The molecule has 0 saturated carbocycles. The van der Waals surface area contributed by atoms with Gasteiger partial charge in [0, 0.05) is 30.0 Å². The largest absolute Gasteiger partial charge is 0.372 e. The fourth-order valence-corrected chi connectivity index (χ4v) is 3.14. The Morgan fingerprint density at radius 1 is 0.846 bits per heavy atom. The molecule has 1 heterocycles. The highest BCUT2D eigenvalue weighted by atomic mass is 16.2. The van der Waals surface area contributed by atoms with Crippen LogP contribution < -0.4 is 15.5 Å². The standard InChI is InChI=1S/C21H25N3O2/c25-20(16-22-21(26)17-8-4-3-5-9-17)23-18-10-12-19(13-11-18)24-14-6-1-2-7-15-24/h3-5,8-13H,1-2,6-7,14-16H2,(H,22,26)(H,23,25). The highest BCUT2D eigenvalue weighted by Crippen LogP contribution is 2.21. The summed E-state index contributed by atoms with van der Waals surface area (Å²) in [7, 11) is 0. The zero-order valence-corrected chi connectivity index (χ0v) is 14.9. The Labute approximate surface area is 154 Å². The van der Waals surface area contributed by atoms with E-state index in [1.807, 2.05) is 30.3 Å². The summed E-state index contributed by atoms with van der Waals surface area (Å²) in [6.45, 7) is 2.13. The molecule has 5 heteroatoms. The number of carbonyl (C=O) groups is 2. The lowest BCUT2D eigenvalue weighted by Gasteiger charge is -2.22. The topological polar surface area (TPSA) is 61.4 Å². The molecule has 3 rings (SSSR count). The number of rotatable bonds is 5. The van der Waals surface area contributed by atoms with Crippen molar-refractivity contribution in [1.82, 2.24) is 5.32 Å². The molecule has 5 nitrogen and oxygen atoms in total.